The van der Waals surface area contributed by atoms with Crippen LogP contribution in [0.25, 0.3) is 0 Å². The molecule has 0 radical (unpaired) electrons. The van der Waals surface area contributed by atoms with E-state index < -0.39 is 0 Å². The van der Waals surface area contributed by atoms with E-state index in [-0.39, 0.29) is 0 Å². The summed E-state index contributed by atoms with van der Waals surface area (Å²) in [5, 5.41) is 16.3. The molecule has 6 heteroatoms. The highest BCUT2D eigenvalue weighted by Gasteiger charge is 2.20. The van der Waals surface area contributed by atoms with Crippen molar-refractivity contribution in [3.05, 3.63) is 12.7 Å². The Balaban J connectivity index is 1.82. The molecule has 1 heterocycles. The molecule has 1 aliphatic carbocycles. The van der Waals surface area contributed by atoms with Gasteiger partial charge in [-0.2, -0.15) is 0 Å². The first-order valence-electron chi connectivity index (χ1n) is 5.58. The van der Waals surface area contributed by atoms with Crippen LogP contribution in [-0.4, -0.2) is 38.0 Å². The first kappa shape index (κ1) is 11.6. The van der Waals surface area contributed by atoms with Crippen molar-refractivity contribution >= 4 is 11.8 Å². The van der Waals surface area contributed by atoms with Crippen LogP contribution < -0.4 is 5.32 Å². The summed E-state index contributed by atoms with van der Waals surface area (Å²) in [5.74, 6) is 0. The molecule has 0 aliphatic heterocycles. The molecule has 0 bridgehead atoms. The Labute approximate surface area is 99.7 Å². The minimum Gasteiger partial charge on any atom is -0.312 e. The number of hydrogen-bond donors (Lipinski definition) is 1. The summed E-state index contributed by atoms with van der Waals surface area (Å²) >= 11 is 1.63. The lowest BCUT2D eigenvalue weighted by Gasteiger charge is -2.06. The molecule has 1 saturated carbocycles. The van der Waals surface area contributed by atoms with Gasteiger partial charge in [0, 0.05) is 17.8 Å². The lowest BCUT2D eigenvalue weighted by molar-refractivity contribution is 0.509. The van der Waals surface area contributed by atoms with E-state index in [1.807, 2.05) is 10.8 Å². The largest absolute Gasteiger partial charge is 0.312 e. The fourth-order valence-electron chi connectivity index (χ4n) is 1.30. The van der Waals surface area contributed by atoms with Crippen molar-refractivity contribution in [1.29, 1.82) is 0 Å². The molecule has 0 spiro atoms. The summed E-state index contributed by atoms with van der Waals surface area (Å²) in [5.41, 5.74) is 0. The lowest BCUT2D eigenvalue weighted by Crippen LogP contribution is -2.22. The van der Waals surface area contributed by atoms with Crippen molar-refractivity contribution in [3.63, 3.8) is 0 Å². The van der Waals surface area contributed by atoms with E-state index in [0.29, 0.717) is 5.25 Å². The molecule has 0 amide bonds. The molecule has 1 fully saturated rings. The quantitative estimate of drug-likeness (QED) is 0.570. The van der Waals surface area contributed by atoms with E-state index in [9.17, 15) is 0 Å². The molecular weight excluding hydrogens is 222 g/mol. The van der Waals surface area contributed by atoms with Gasteiger partial charge < -0.3 is 5.32 Å². The minimum atomic E-state index is 0.334. The third-order valence-electron chi connectivity index (χ3n) is 2.46. The van der Waals surface area contributed by atoms with Crippen molar-refractivity contribution in [2.24, 2.45) is 0 Å². The normalized spacial score (nSPS) is 17.3. The number of nitrogens with zero attached hydrogens (tertiary/aromatic N) is 4. The highest BCUT2D eigenvalue weighted by atomic mass is 32.2. The number of hydrogen-bond acceptors (Lipinski definition) is 5. The SMILES string of the molecule is C=CC(C)Sc1nnnn1CCNC1CC1. The molecule has 1 aromatic heterocycles. The Morgan fingerprint density at radius 3 is 3.19 bits per heavy atom. The zero-order valence-corrected chi connectivity index (χ0v) is 10.3. The maximum atomic E-state index is 4.01. The second kappa shape index (κ2) is 5.45. The topological polar surface area (TPSA) is 55.6 Å². The monoisotopic (exact) mass is 239 g/mol. The second-order valence-electron chi connectivity index (χ2n) is 3.97. The molecule has 1 N–H and O–H groups in total. The van der Waals surface area contributed by atoms with Gasteiger partial charge in [-0.05, 0) is 30.2 Å². The van der Waals surface area contributed by atoms with Crippen molar-refractivity contribution in [2.45, 2.75) is 42.8 Å². The maximum Gasteiger partial charge on any atom is 0.209 e. The third-order valence-corrected chi connectivity index (χ3v) is 3.52. The highest BCUT2D eigenvalue weighted by molar-refractivity contribution is 7.99. The zero-order chi connectivity index (χ0) is 11.4. The Hall–Kier alpha value is -0.880. The molecule has 2 rings (SSSR count). The Morgan fingerprint density at radius 1 is 1.69 bits per heavy atom. The Kier molecular flexibility index (Phi) is 3.95. The molecule has 0 aromatic carbocycles. The minimum absolute atomic E-state index is 0.334. The molecule has 1 atom stereocenters. The van der Waals surface area contributed by atoms with E-state index in [1.165, 1.54) is 12.8 Å². The molecule has 0 saturated heterocycles. The van der Waals surface area contributed by atoms with E-state index in [4.69, 9.17) is 0 Å². The van der Waals surface area contributed by atoms with Crippen molar-refractivity contribution < 1.29 is 0 Å². The van der Waals surface area contributed by atoms with Gasteiger partial charge in [0.2, 0.25) is 5.16 Å². The van der Waals surface area contributed by atoms with E-state index in [0.717, 1.165) is 24.3 Å². The van der Waals surface area contributed by atoms with Crippen LogP contribution in [0.15, 0.2) is 17.8 Å². The van der Waals surface area contributed by atoms with Gasteiger partial charge in [0.15, 0.2) is 0 Å². The second-order valence-corrected chi connectivity index (χ2v) is 5.32. The number of rotatable bonds is 7. The summed E-state index contributed by atoms with van der Waals surface area (Å²) < 4.78 is 1.85. The summed E-state index contributed by atoms with van der Waals surface area (Å²) in [6.45, 7) is 7.60. The molecule has 1 aliphatic rings. The number of thioether (sulfide) groups is 1. The van der Waals surface area contributed by atoms with Crippen LogP contribution in [0.5, 0.6) is 0 Å². The summed E-state index contributed by atoms with van der Waals surface area (Å²) in [7, 11) is 0. The van der Waals surface area contributed by atoms with Crippen molar-refractivity contribution in [2.75, 3.05) is 6.54 Å². The Morgan fingerprint density at radius 2 is 2.50 bits per heavy atom. The van der Waals surface area contributed by atoms with Crippen molar-refractivity contribution in [1.82, 2.24) is 25.5 Å². The molecule has 16 heavy (non-hydrogen) atoms. The number of nitrogens with one attached hydrogen (secondary N) is 1. The molecule has 88 valence electrons. The molecule has 5 nitrogen and oxygen atoms in total. The fraction of sp³-hybridized carbons (Fsp3) is 0.700. The van der Waals surface area contributed by atoms with Gasteiger partial charge in [-0.3, -0.25) is 0 Å². The van der Waals surface area contributed by atoms with Gasteiger partial charge >= 0.3 is 0 Å². The van der Waals surface area contributed by atoms with Gasteiger partial charge in [-0.1, -0.05) is 17.8 Å². The first-order valence-corrected chi connectivity index (χ1v) is 6.46. The highest BCUT2D eigenvalue weighted by Crippen LogP contribution is 2.20. The lowest BCUT2D eigenvalue weighted by atomic mass is 10.5. The molecule has 1 unspecified atom stereocenters. The van der Waals surface area contributed by atoms with Crippen LogP contribution in [0.2, 0.25) is 0 Å². The smallest absolute Gasteiger partial charge is 0.209 e. The van der Waals surface area contributed by atoms with Gasteiger partial charge in [-0.15, -0.1) is 11.7 Å². The van der Waals surface area contributed by atoms with Crippen LogP contribution in [0.3, 0.4) is 0 Å². The predicted octanol–water partition coefficient (Wildman–Crippen LogP) is 1.09. The van der Waals surface area contributed by atoms with Crippen LogP contribution in [-0.2, 0) is 6.54 Å². The molecular formula is C10H17N5S. The van der Waals surface area contributed by atoms with Crippen LogP contribution in [0.4, 0.5) is 0 Å². The van der Waals surface area contributed by atoms with Crippen LogP contribution in [0.1, 0.15) is 19.8 Å². The standard InChI is InChI=1S/C10H17N5S/c1-3-8(2)16-10-12-13-14-15(10)7-6-11-9-4-5-9/h3,8-9,11H,1,4-7H2,2H3. The average molecular weight is 239 g/mol. The van der Waals surface area contributed by atoms with E-state index in [1.54, 1.807) is 11.8 Å². The third kappa shape index (κ3) is 3.31. The van der Waals surface area contributed by atoms with E-state index in [2.05, 4.69) is 34.3 Å². The van der Waals surface area contributed by atoms with Gasteiger partial charge in [0.25, 0.3) is 0 Å². The van der Waals surface area contributed by atoms with Gasteiger partial charge in [0.05, 0.1) is 6.54 Å². The van der Waals surface area contributed by atoms with Crippen molar-refractivity contribution in [3.8, 4) is 0 Å². The van der Waals surface area contributed by atoms with E-state index >= 15 is 0 Å². The van der Waals surface area contributed by atoms with Crippen LogP contribution in [0, 0.1) is 0 Å². The fourth-order valence-corrected chi connectivity index (χ4v) is 2.06. The van der Waals surface area contributed by atoms with Gasteiger partial charge in [-0.25, -0.2) is 4.68 Å². The summed E-state index contributed by atoms with van der Waals surface area (Å²) in [4.78, 5) is 0. The summed E-state index contributed by atoms with van der Waals surface area (Å²) in [6.07, 6.45) is 4.52. The maximum absolute atomic E-state index is 4.01. The van der Waals surface area contributed by atoms with Gasteiger partial charge in [0.1, 0.15) is 0 Å². The Bertz CT molecular complexity index is 347. The number of tetrazole rings is 1. The first-order chi connectivity index (χ1) is 7.79. The average Bonchev–Trinajstić information content (AvgIpc) is 3.00. The summed E-state index contributed by atoms with van der Waals surface area (Å²) in [6, 6.07) is 0.736. The predicted molar refractivity (Wildman–Crippen MR) is 64.4 cm³/mol. The van der Waals surface area contributed by atoms with Crippen LogP contribution >= 0.6 is 11.8 Å². The number of aromatic nitrogens is 4. The molecule has 1 aromatic rings. The zero-order valence-electron chi connectivity index (χ0n) is 9.46.